The third kappa shape index (κ3) is 6.67. The first-order chi connectivity index (χ1) is 15.1. The zero-order valence-electron chi connectivity index (χ0n) is 18.7. The molecule has 2 unspecified atom stereocenters. The van der Waals surface area contributed by atoms with Crippen LogP contribution in [0.1, 0.15) is 76.0 Å². The van der Waals surface area contributed by atoms with Gasteiger partial charge in [-0.05, 0) is 61.4 Å². The number of hydrogen-bond donors (Lipinski definition) is 0. The topological polar surface area (TPSA) is 27.7 Å². The van der Waals surface area contributed by atoms with Gasteiger partial charge in [0.1, 0.15) is 12.4 Å². The van der Waals surface area contributed by atoms with Crippen molar-refractivity contribution in [2.45, 2.75) is 71.5 Å². The van der Waals surface area contributed by atoms with E-state index in [4.69, 9.17) is 14.2 Å². The largest absolute Gasteiger partial charge is 0.490 e. The molecular weight excluding hydrogens is 398 g/mol. The third-order valence-electron chi connectivity index (χ3n) is 5.86. The molecule has 1 saturated heterocycles. The predicted molar refractivity (Wildman–Crippen MR) is 118 cm³/mol. The van der Waals surface area contributed by atoms with Crippen LogP contribution in [0.15, 0.2) is 36.4 Å². The molecular formula is C26H34F2O3. The van der Waals surface area contributed by atoms with E-state index in [0.29, 0.717) is 18.3 Å². The molecule has 0 amide bonds. The molecule has 0 radical (unpaired) electrons. The summed E-state index contributed by atoms with van der Waals surface area (Å²) in [6.07, 6.45) is 7.84. The molecule has 0 bridgehead atoms. The van der Waals surface area contributed by atoms with E-state index in [-0.39, 0.29) is 24.0 Å². The minimum absolute atomic E-state index is 0.0453. The van der Waals surface area contributed by atoms with Gasteiger partial charge in [0, 0.05) is 5.56 Å². The molecule has 1 heterocycles. The predicted octanol–water partition coefficient (Wildman–Crippen LogP) is 7.38. The van der Waals surface area contributed by atoms with E-state index < -0.39 is 11.6 Å². The van der Waals surface area contributed by atoms with Crippen molar-refractivity contribution >= 4 is 0 Å². The maximum Gasteiger partial charge on any atom is 0.201 e. The van der Waals surface area contributed by atoms with Crippen LogP contribution < -0.4 is 9.47 Å². The fourth-order valence-corrected chi connectivity index (χ4v) is 3.85. The Hall–Kier alpha value is -2.14. The summed E-state index contributed by atoms with van der Waals surface area (Å²) < 4.78 is 45.6. The molecule has 2 aromatic carbocycles. The second-order valence-corrected chi connectivity index (χ2v) is 8.32. The van der Waals surface area contributed by atoms with Gasteiger partial charge >= 0.3 is 0 Å². The van der Waals surface area contributed by atoms with Gasteiger partial charge in [-0.1, -0.05) is 45.2 Å². The SMILES string of the molecule is CCCCOc1ccc(COc2ccc(C3CCC(CCCC)CO3)cc2)c(F)c1F. The van der Waals surface area contributed by atoms with Crippen molar-refractivity contribution in [1.29, 1.82) is 0 Å². The highest BCUT2D eigenvalue weighted by atomic mass is 19.2. The van der Waals surface area contributed by atoms with Gasteiger partial charge in [0.2, 0.25) is 5.82 Å². The van der Waals surface area contributed by atoms with Crippen LogP contribution in [0.3, 0.4) is 0 Å². The summed E-state index contributed by atoms with van der Waals surface area (Å²) in [7, 11) is 0. The molecule has 2 atom stereocenters. The zero-order valence-corrected chi connectivity index (χ0v) is 18.7. The molecule has 0 N–H and O–H groups in total. The number of halogens is 2. The molecule has 1 aliphatic heterocycles. The van der Waals surface area contributed by atoms with Gasteiger partial charge in [-0.25, -0.2) is 4.39 Å². The number of benzene rings is 2. The molecule has 1 fully saturated rings. The van der Waals surface area contributed by atoms with E-state index in [1.165, 1.54) is 37.8 Å². The average Bonchev–Trinajstić information content (AvgIpc) is 2.81. The molecule has 3 nitrogen and oxygen atoms in total. The van der Waals surface area contributed by atoms with Crippen LogP contribution in [0.25, 0.3) is 0 Å². The first kappa shape index (κ1) is 23.5. The molecule has 3 rings (SSSR count). The lowest BCUT2D eigenvalue weighted by Gasteiger charge is -2.29. The van der Waals surface area contributed by atoms with Gasteiger partial charge in [-0.2, -0.15) is 4.39 Å². The molecule has 31 heavy (non-hydrogen) atoms. The molecule has 0 aliphatic carbocycles. The minimum Gasteiger partial charge on any atom is -0.490 e. The fraction of sp³-hybridized carbons (Fsp3) is 0.538. The summed E-state index contributed by atoms with van der Waals surface area (Å²) in [6.45, 7) is 5.39. The van der Waals surface area contributed by atoms with Crippen molar-refractivity contribution in [3.8, 4) is 11.5 Å². The summed E-state index contributed by atoms with van der Waals surface area (Å²) in [4.78, 5) is 0. The normalized spacial score (nSPS) is 18.7. The second-order valence-electron chi connectivity index (χ2n) is 8.32. The Morgan fingerprint density at radius 1 is 0.903 bits per heavy atom. The van der Waals surface area contributed by atoms with Crippen molar-refractivity contribution in [1.82, 2.24) is 0 Å². The van der Waals surface area contributed by atoms with E-state index in [0.717, 1.165) is 31.4 Å². The van der Waals surface area contributed by atoms with Crippen molar-refractivity contribution < 1.29 is 23.0 Å². The Morgan fingerprint density at radius 3 is 2.35 bits per heavy atom. The van der Waals surface area contributed by atoms with Crippen LogP contribution in [0.2, 0.25) is 0 Å². The van der Waals surface area contributed by atoms with E-state index in [1.807, 2.05) is 31.2 Å². The first-order valence-corrected chi connectivity index (χ1v) is 11.6. The lowest BCUT2D eigenvalue weighted by Crippen LogP contribution is -2.20. The maximum absolute atomic E-state index is 14.3. The molecule has 0 aromatic heterocycles. The van der Waals surface area contributed by atoms with Crippen molar-refractivity contribution in [2.75, 3.05) is 13.2 Å². The first-order valence-electron chi connectivity index (χ1n) is 11.6. The number of ether oxygens (including phenoxy) is 3. The van der Waals surface area contributed by atoms with Gasteiger partial charge < -0.3 is 14.2 Å². The second kappa shape index (κ2) is 12.0. The summed E-state index contributed by atoms with van der Waals surface area (Å²) in [5.41, 5.74) is 1.30. The minimum atomic E-state index is -0.959. The van der Waals surface area contributed by atoms with Crippen LogP contribution in [0.5, 0.6) is 11.5 Å². The van der Waals surface area contributed by atoms with E-state index >= 15 is 0 Å². The highest BCUT2D eigenvalue weighted by Crippen LogP contribution is 2.33. The van der Waals surface area contributed by atoms with Crippen LogP contribution in [0, 0.1) is 17.6 Å². The summed E-state index contributed by atoms with van der Waals surface area (Å²) in [5, 5.41) is 0. The van der Waals surface area contributed by atoms with Crippen molar-refractivity contribution in [2.24, 2.45) is 5.92 Å². The Bertz CT molecular complexity index is 799. The Balaban J connectivity index is 1.51. The summed E-state index contributed by atoms with van der Waals surface area (Å²) in [6, 6.07) is 10.7. The highest BCUT2D eigenvalue weighted by Gasteiger charge is 2.22. The van der Waals surface area contributed by atoms with Gasteiger partial charge in [0.25, 0.3) is 0 Å². The van der Waals surface area contributed by atoms with Crippen LogP contribution >= 0.6 is 0 Å². The molecule has 0 spiro atoms. The van der Waals surface area contributed by atoms with Crippen LogP contribution in [0.4, 0.5) is 8.78 Å². The van der Waals surface area contributed by atoms with E-state index in [9.17, 15) is 8.78 Å². The Morgan fingerprint density at radius 2 is 1.68 bits per heavy atom. The number of rotatable bonds is 11. The van der Waals surface area contributed by atoms with Gasteiger partial charge in [0.15, 0.2) is 11.6 Å². The fourth-order valence-electron chi connectivity index (χ4n) is 3.85. The molecule has 170 valence electrons. The number of hydrogen-bond acceptors (Lipinski definition) is 3. The average molecular weight is 433 g/mol. The Labute approximate surface area is 184 Å². The quantitative estimate of drug-likeness (QED) is 0.347. The van der Waals surface area contributed by atoms with Gasteiger partial charge in [0.05, 0.1) is 19.3 Å². The van der Waals surface area contributed by atoms with Crippen LogP contribution in [-0.2, 0) is 11.3 Å². The molecule has 5 heteroatoms. The van der Waals surface area contributed by atoms with Crippen molar-refractivity contribution in [3.05, 3.63) is 59.2 Å². The lowest BCUT2D eigenvalue weighted by atomic mass is 9.91. The standard InChI is InChI=1S/C26H34F2O3/c1-3-5-7-19-8-14-23(31-17-19)20-9-12-22(13-10-20)30-18-21-11-15-24(26(28)25(21)27)29-16-6-4-2/h9-13,15,19,23H,3-8,14,16-18H2,1-2H3. The number of unbranched alkanes of at least 4 members (excludes halogenated alkanes) is 2. The summed E-state index contributed by atoms with van der Waals surface area (Å²) in [5.74, 6) is -0.637. The molecule has 0 saturated carbocycles. The Kier molecular flexibility index (Phi) is 9.13. The molecule has 1 aliphatic rings. The van der Waals surface area contributed by atoms with Gasteiger partial charge in [-0.3, -0.25) is 0 Å². The zero-order chi connectivity index (χ0) is 22.1. The van der Waals surface area contributed by atoms with E-state index in [2.05, 4.69) is 6.92 Å². The smallest absolute Gasteiger partial charge is 0.201 e. The monoisotopic (exact) mass is 432 g/mol. The maximum atomic E-state index is 14.3. The molecule has 2 aromatic rings. The highest BCUT2D eigenvalue weighted by molar-refractivity contribution is 5.32. The van der Waals surface area contributed by atoms with E-state index in [1.54, 1.807) is 0 Å². The lowest BCUT2D eigenvalue weighted by molar-refractivity contribution is -0.0198. The third-order valence-corrected chi connectivity index (χ3v) is 5.86. The summed E-state index contributed by atoms with van der Waals surface area (Å²) >= 11 is 0. The van der Waals surface area contributed by atoms with Gasteiger partial charge in [-0.15, -0.1) is 0 Å². The van der Waals surface area contributed by atoms with Crippen LogP contribution in [-0.4, -0.2) is 13.2 Å². The van der Waals surface area contributed by atoms with Crippen molar-refractivity contribution in [3.63, 3.8) is 0 Å².